The molecule has 0 spiro atoms. The topological polar surface area (TPSA) is 287 Å². The molecule has 131 valence electrons. The summed E-state index contributed by atoms with van der Waals surface area (Å²) >= 11 is 0. The Labute approximate surface area is 144 Å². The van der Waals surface area contributed by atoms with Crippen LogP contribution in [0.4, 0.5) is 0 Å². The number of halogens is 2. The smallest absolute Gasteiger partial charge is 1.00 e. The van der Waals surface area contributed by atoms with E-state index >= 15 is 0 Å². The van der Waals surface area contributed by atoms with E-state index in [2.05, 4.69) is 0 Å². The van der Waals surface area contributed by atoms with Gasteiger partial charge < -0.3 is 82.8 Å². The molecule has 0 fully saturated rings. The van der Waals surface area contributed by atoms with E-state index in [0.29, 0.717) is 0 Å². The van der Waals surface area contributed by atoms with Gasteiger partial charge in [0.2, 0.25) is 0 Å². The zero-order valence-corrected chi connectivity index (χ0v) is 11.7. The molecule has 0 atom stereocenters. The molecule has 0 aliphatic rings. The maximum atomic E-state index is 8.25. The van der Waals surface area contributed by atoms with Crippen molar-refractivity contribution in [2.24, 2.45) is 0 Å². The Morgan fingerprint density at radius 2 is 0.556 bits per heavy atom. The summed E-state index contributed by atoms with van der Waals surface area (Å²) in [5.41, 5.74) is 0. The Bertz CT molecular complexity index is 86.3. The van der Waals surface area contributed by atoms with Gasteiger partial charge in [0.1, 0.15) is 0 Å². The Kier molecular flexibility index (Phi) is 878. The predicted molar refractivity (Wildman–Crippen MR) is 35.4 cm³/mol. The van der Waals surface area contributed by atoms with Crippen molar-refractivity contribution < 1.29 is 114 Å². The molecule has 8 N–H and O–H groups in total. The second-order valence-corrected chi connectivity index (χ2v) is 0.447. The molecule has 0 saturated carbocycles. The summed E-state index contributed by atoms with van der Waals surface area (Å²) in [6.07, 6.45) is 0. The third-order valence-corrected chi connectivity index (χ3v) is 0. The maximum absolute atomic E-state index is 8.25. The number of rotatable bonds is 0. The minimum Gasteiger partial charge on any atom is -1.00 e. The van der Waals surface area contributed by atoms with Crippen molar-refractivity contribution >= 4 is 0 Å². The van der Waals surface area contributed by atoms with E-state index in [-0.39, 0.29) is 103 Å². The zero-order chi connectivity index (χ0) is 7.15. The van der Waals surface area contributed by atoms with E-state index in [1.807, 2.05) is 0 Å². The molecular formula is H8Cl2Cu3N2O11. The molecule has 0 heterocycles. The second-order valence-electron chi connectivity index (χ2n) is 0.447. The molecular weight excluding hydrogens is 466 g/mol. The van der Waals surface area contributed by atoms with Crippen LogP contribution >= 0.6 is 0 Å². The van der Waals surface area contributed by atoms with Crippen molar-refractivity contribution in [1.29, 1.82) is 0 Å². The predicted octanol–water partition coefficient (Wildman–Crippen LogP) is -9.31. The summed E-state index contributed by atoms with van der Waals surface area (Å²) in [5, 5.41) is 29.5. The Morgan fingerprint density at radius 3 is 0.556 bits per heavy atom. The summed E-state index contributed by atoms with van der Waals surface area (Å²) in [5.74, 6) is 0. The molecule has 0 aliphatic heterocycles. The van der Waals surface area contributed by atoms with E-state index in [1.165, 1.54) is 0 Å². The fraction of sp³-hybridized carbons (Fsp3) is 0. The van der Waals surface area contributed by atoms with Gasteiger partial charge in [-0.25, -0.2) is 0 Å². The molecule has 13 nitrogen and oxygen atoms in total. The second kappa shape index (κ2) is 115. The normalized spacial score (nSPS) is 2.67. The zero-order valence-electron chi connectivity index (χ0n) is 7.40. The molecule has 3 radical (unpaired) electrons. The largest absolute Gasteiger partial charge is 2.00 e. The van der Waals surface area contributed by atoms with Crippen LogP contribution in [0, 0.1) is 30.6 Å². The van der Waals surface area contributed by atoms with E-state index in [4.69, 9.17) is 30.6 Å². The molecule has 0 aliphatic carbocycles. The van der Waals surface area contributed by atoms with Crippen molar-refractivity contribution in [3.8, 4) is 0 Å². The molecule has 0 saturated heterocycles. The van der Waals surface area contributed by atoms with Crippen molar-refractivity contribution in [1.82, 2.24) is 0 Å². The molecule has 0 aromatic rings. The van der Waals surface area contributed by atoms with Crippen LogP contribution in [0.5, 0.6) is 0 Å². The molecule has 0 aromatic carbocycles. The molecule has 0 unspecified atom stereocenters. The first-order valence-electron chi connectivity index (χ1n) is 1.10. The fourth-order valence-corrected chi connectivity index (χ4v) is 0. The summed E-state index contributed by atoms with van der Waals surface area (Å²) in [4.78, 5) is 16.5. The molecule has 0 aromatic heterocycles. The van der Waals surface area contributed by atoms with Crippen molar-refractivity contribution in [2.45, 2.75) is 0 Å². The summed E-state index contributed by atoms with van der Waals surface area (Å²) in [6.45, 7) is 0. The van der Waals surface area contributed by atoms with Gasteiger partial charge >= 0.3 is 51.2 Å². The molecule has 18 heavy (non-hydrogen) atoms. The van der Waals surface area contributed by atoms with Gasteiger partial charge in [0, 0.05) is 0 Å². The average Bonchev–Trinajstić information content (AvgIpc) is 1.25. The van der Waals surface area contributed by atoms with E-state index in [1.54, 1.807) is 0 Å². The van der Waals surface area contributed by atoms with Crippen molar-refractivity contribution in [3.05, 3.63) is 30.6 Å². The van der Waals surface area contributed by atoms with Crippen molar-refractivity contribution in [2.75, 3.05) is 0 Å². The van der Waals surface area contributed by atoms with Gasteiger partial charge in [0.15, 0.2) is 0 Å². The number of hydrogen-bond donors (Lipinski definition) is 0. The van der Waals surface area contributed by atoms with Crippen LogP contribution in [0.1, 0.15) is 0 Å². The van der Waals surface area contributed by atoms with Gasteiger partial charge in [0.05, 0.1) is 10.2 Å². The molecule has 0 rings (SSSR count). The minimum atomic E-state index is -1.75. The Hall–Kier alpha value is 0.338. The fourth-order valence-electron chi connectivity index (χ4n) is 0. The molecule has 0 bridgehead atoms. The number of hydrogen-bond acceptors (Lipinski definition) is 8. The van der Waals surface area contributed by atoms with Gasteiger partial charge in [-0.1, -0.05) is 0 Å². The van der Waals surface area contributed by atoms with Gasteiger partial charge in [-0.3, -0.25) is 0 Å². The summed E-state index contributed by atoms with van der Waals surface area (Å²) in [6, 6.07) is 0. The van der Waals surface area contributed by atoms with Crippen LogP contribution in [-0.4, -0.2) is 37.6 Å². The first kappa shape index (κ1) is 137. The van der Waals surface area contributed by atoms with Crippen LogP contribution in [0.3, 0.4) is 0 Å². The van der Waals surface area contributed by atoms with E-state index < -0.39 is 10.2 Å². The van der Waals surface area contributed by atoms with Gasteiger partial charge in [-0.05, 0) is 0 Å². The van der Waals surface area contributed by atoms with Gasteiger partial charge in [-0.2, -0.15) is 0 Å². The first-order valence-corrected chi connectivity index (χ1v) is 1.10. The van der Waals surface area contributed by atoms with Gasteiger partial charge in [0.25, 0.3) is 0 Å². The average molecular weight is 474 g/mol. The first-order chi connectivity index (χ1) is 3.46. The quantitative estimate of drug-likeness (QED) is 0.184. The number of nitrogens with zero attached hydrogens (tertiary/aromatic N) is 2. The van der Waals surface area contributed by atoms with Crippen LogP contribution in [0.2, 0.25) is 0 Å². The third-order valence-electron chi connectivity index (χ3n) is 0. The van der Waals surface area contributed by atoms with Gasteiger partial charge in [-0.15, -0.1) is 0 Å². The minimum absolute atomic E-state index is 0. The Balaban J connectivity index is -0.00000000257. The molecule has 18 heteroatoms. The summed E-state index contributed by atoms with van der Waals surface area (Å²) in [7, 11) is 0. The van der Waals surface area contributed by atoms with Crippen molar-refractivity contribution in [3.63, 3.8) is 0 Å². The summed E-state index contributed by atoms with van der Waals surface area (Å²) < 4.78 is 0. The van der Waals surface area contributed by atoms with Crippen LogP contribution in [0.15, 0.2) is 0 Å². The standard InChI is InChI=1S/2ClH.3Cu.2NO3.5H2O/c;;;;;2*2-1(3)4;;;;;/h2*1H;;;;;;5*1H2/q;;3*+2;2*-1;;;;;/p-4. The van der Waals surface area contributed by atoms with Crippen LogP contribution in [-0.2, 0) is 51.2 Å². The maximum Gasteiger partial charge on any atom is 2.00 e. The third kappa shape index (κ3) is 33600. The molecule has 0 amide bonds. The monoisotopic (exact) mass is 471 g/mol. The van der Waals surface area contributed by atoms with E-state index in [0.717, 1.165) is 0 Å². The SMILES string of the molecule is O.O.O.O=[N+]([O-])[O-].O=[N+]([O-])[O-].[Cl-].[Cl-].[Cu+2].[Cu+2].[Cu+2].[OH-].[OH-]. The Morgan fingerprint density at radius 1 is 0.556 bits per heavy atom. The van der Waals surface area contributed by atoms with Crippen LogP contribution in [0.25, 0.3) is 0 Å². The van der Waals surface area contributed by atoms with Crippen LogP contribution < -0.4 is 24.8 Å². The van der Waals surface area contributed by atoms with E-state index in [9.17, 15) is 0 Å².